The van der Waals surface area contributed by atoms with E-state index < -0.39 is 17.5 Å². The summed E-state index contributed by atoms with van der Waals surface area (Å²) in [7, 11) is 0. The van der Waals surface area contributed by atoms with Crippen molar-refractivity contribution in [3.8, 4) is 11.1 Å². The first-order valence-electron chi connectivity index (χ1n) is 9.97. The first kappa shape index (κ1) is 17.4. The molecular weight excluding hydrogens is 354 g/mol. The first-order valence-corrected chi connectivity index (χ1v) is 9.97. The molecule has 5 nitrogen and oxygen atoms in total. The summed E-state index contributed by atoms with van der Waals surface area (Å²) < 4.78 is 5.71. The largest absolute Gasteiger partial charge is 0.479 e. The van der Waals surface area contributed by atoms with Gasteiger partial charge in [-0.15, -0.1) is 0 Å². The molecule has 1 aliphatic heterocycles. The van der Waals surface area contributed by atoms with Crippen molar-refractivity contribution in [1.29, 1.82) is 0 Å². The van der Waals surface area contributed by atoms with E-state index in [9.17, 15) is 14.7 Å². The van der Waals surface area contributed by atoms with Gasteiger partial charge in [-0.25, -0.2) is 9.59 Å². The zero-order valence-corrected chi connectivity index (χ0v) is 15.6. The second-order valence-corrected chi connectivity index (χ2v) is 8.12. The highest BCUT2D eigenvalue weighted by Gasteiger charge is 2.61. The summed E-state index contributed by atoms with van der Waals surface area (Å²) in [6.07, 6.45) is 2.71. The molecule has 5 heteroatoms. The Balaban J connectivity index is 1.42. The van der Waals surface area contributed by atoms with Crippen molar-refractivity contribution in [1.82, 2.24) is 5.32 Å². The molecule has 5 rings (SSSR count). The van der Waals surface area contributed by atoms with Crippen molar-refractivity contribution in [3.05, 3.63) is 59.7 Å². The van der Waals surface area contributed by atoms with Crippen LogP contribution >= 0.6 is 0 Å². The summed E-state index contributed by atoms with van der Waals surface area (Å²) in [6, 6.07) is 16.3. The van der Waals surface area contributed by atoms with Crippen LogP contribution in [0.2, 0.25) is 0 Å². The number of rotatable bonds is 4. The maximum Gasteiger partial charge on any atom is 0.338 e. The average molecular weight is 377 g/mol. The van der Waals surface area contributed by atoms with E-state index in [0.29, 0.717) is 6.54 Å². The fourth-order valence-corrected chi connectivity index (χ4v) is 5.53. The number of benzene rings is 2. The number of carboxylic acids is 1. The molecule has 2 aliphatic carbocycles. The van der Waals surface area contributed by atoms with E-state index in [4.69, 9.17) is 4.74 Å². The fraction of sp³-hybridized carbons (Fsp3) is 0.391. The number of hydrogen-bond acceptors (Lipinski definition) is 4. The van der Waals surface area contributed by atoms with Gasteiger partial charge in [-0.2, -0.15) is 0 Å². The molecule has 28 heavy (non-hydrogen) atoms. The number of carbonyl (C=O) groups excluding carboxylic acids is 1. The Labute approximate surface area is 163 Å². The van der Waals surface area contributed by atoms with Gasteiger partial charge in [0.15, 0.2) is 0 Å². The average Bonchev–Trinajstić information content (AvgIpc) is 3.39. The molecule has 1 saturated heterocycles. The number of carboxylic acid groups (broad SMARTS) is 1. The summed E-state index contributed by atoms with van der Waals surface area (Å²) in [5.74, 6) is -1.75. The monoisotopic (exact) mass is 377 g/mol. The minimum Gasteiger partial charge on any atom is -0.479 e. The standard InChI is InChI=1S/C23H23NO4/c25-21(26)23(20-11-5-6-14(20)12-24-23)22(27)28-13-19-17-9-3-1-7-15(17)16-8-2-4-10-18(16)19/h1-4,7-10,14,19-20,24H,5-6,11-13H2,(H,25,26). The molecule has 0 spiro atoms. The molecule has 0 aromatic heterocycles. The molecule has 2 N–H and O–H groups in total. The molecule has 144 valence electrons. The van der Waals surface area contributed by atoms with Gasteiger partial charge >= 0.3 is 11.9 Å². The number of ether oxygens (including phenoxy) is 1. The third-order valence-electron chi connectivity index (χ3n) is 6.86. The third kappa shape index (κ3) is 2.35. The Morgan fingerprint density at radius 2 is 1.68 bits per heavy atom. The highest BCUT2D eigenvalue weighted by Crippen LogP contribution is 2.46. The molecule has 3 unspecified atom stereocenters. The van der Waals surface area contributed by atoms with Crippen molar-refractivity contribution in [2.24, 2.45) is 11.8 Å². The molecule has 2 aromatic rings. The van der Waals surface area contributed by atoms with E-state index in [1.807, 2.05) is 24.3 Å². The lowest BCUT2D eigenvalue weighted by Gasteiger charge is -2.29. The minimum atomic E-state index is -1.60. The summed E-state index contributed by atoms with van der Waals surface area (Å²) in [4.78, 5) is 25.2. The summed E-state index contributed by atoms with van der Waals surface area (Å²) in [5.41, 5.74) is 2.96. The van der Waals surface area contributed by atoms with Crippen LogP contribution in [0.3, 0.4) is 0 Å². The third-order valence-corrected chi connectivity index (χ3v) is 6.86. The quantitative estimate of drug-likeness (QED) is 0.632. The number of aliphatic carboxylic acids is 1. The van der Waals surface area contributed by atoms with E-state index in [1.54, 1.807) is 0 Å². The molecule has 1 heterocycles. The molecule has 0 radical (unpaired) electrons. The predicted octanol–water partition coefficient (Wildman–Crippen LogP) is 3.19. The van der Waals surface area contributed by atoms with E-state index in [-0.39, 0.29) is 24.4 Å². The Hall–Kier alpha value is -2.66. The summed E-state index contributed by atoms with van der Waals surface area (Å²) in [5, 5.41) is 12.9. The summed E-state index contributed by atoms with van der Waals surface area (Å²) in [6.45, 7) is 0.724. The van der Waals surface area contributed by atoms with Crippen molar-refractivity contribution < 1.29 is 19.4 Å². The second-order valence-electron chi connectivity index (χ2n) is 8.12. The van der Waals surface area contributed by atoms with Gasteiger partial charge in [-0.05, 0) is 47.6 Å². The van der Waals surface area contributed by atoms with Gasteiger partial charge < -0.3 is 9.84 Å². The summed E-state index contributed by atoms with van der Waals surface area (Å²) >= 11 is 0. The lowest BCUT2D eigenvalue weighted by atomic mass is 9.81. The molecule has 3 atom stereocenters. The van der Waals surface area contributed by atoms with Crippen molar-refractivity contribution in [3.63, 3.8) is 0 Å². The van der Waals surface area contributed by atoms with E-state index in [0.717, 1.165) is 41.5 Å². The molecule has 3 aliphatic rings. The molecular formula is C23H23NO4. The molecule has 0 amide bonds. The SMILES string of the molecule is O=C(O)C1(C(=O)OCC2c3ccccc3-c3ccccc32)NCC2CCCC21. The molecule has 0 bridgehead atoms. The maximum absolute atomic E-state index is 13.1. The van der Waals surface area contributed by atoms with Crippen LogP contribution in [0.4, 0.5) is 0 Å². The van der Waals surface area contributed by atoms with E-state index >= 15 is 0 Å². The zero-order chi connectivity index (χ0) is 19.3. The Kier molecular flexibility index (Phi) is 4.02. The number of nitrogens with one attached hydrogen (secondary N) is 1. The molecule has 1 saturated carbocycles. The molecule has 2 aromatic carbocycles. The zero-order valence-electron chi connectivity index (χ0n) is 15.6. The van der Waals surface area contributed by atoms with Crippen LogP contribution < -0.4 is 5.32 Å². The van der Waals surface area contributed by atoms with E-state index in [2.05, 4.69) is 29.6 Å². The predicted molar refractivity (Wildman–Crippen MR) is 104 cm³/mol. The topological polar surface area (TPSA) is 75.6 Å². The normalized spacial score (nSPS) is 27.9. The van der Waals surface area contributed by atoms with Crippen LogP contribution in [0, 0.1) is 11.8 Å². The van der Waals surface area contributed by atoms with Gasteiger partial charge in [0.25, 0.3) is 0 Å². The minimum absolute atomic E-state index is 0.0667. The van der Waals surface area contributed by atoms with Crippen LogP contribution in [0.15, 0.2) is 48.5 Å². The van der Waals surface area contributed by atoms with Crippen LogP contribution in [-0.2, 0) is 14.3 Å². The maximum atomic E-state index is 13.1. The van der Waals surface area contributed by atoms with Gasteiger partial charge in [0.1, 0.15) is 6.61 Å². The highest BCUT2D eigenvalue weighted by molar-refractivity contribution is 6.05. The Morgan fingerprint density at radius 1 is 1.04 bits per heavy atom. The number of carbonyl (C=O) groups is 2. The number of esters is 1. The van der Waals surface area contributed by atoms with E-state index in [1.165, 1.54) is 0 Å². The lowest BCUT2D eigenvalue weighted by molar-refractivity contribution is -0.165. The van der Waals surface area contributed by atoms with Crippen molar-refractivity contribution in [2.45, 2.75) is 30.7 Å². The van der Waals surface area contributed by atoms with Crippen LogP contribution in [0.1, 0.15) is 36.3 Å². The Morgan fingerprint density at radius 3 is 2.32 bits per heavy atom. The lowest BCUT2D eigenvalue weighted by Crippen LogP contribution is -2.59. The molecule has 2 fully saturated rings. The van der Waals surface area contributed by atoms with Crippen molar-refractivity contribution in [2.75, 3.05) is 13.2 Å². The van der Waals surface area contributed by atoms with Crippen LogP contribution in [-0.4, -0.2) is 35.7 Å². The van der Waals surface area contributed by atoms with Gasteiger partial charge in [0, 0.05) is 11.8 Å². The highest BCUT2D eigenvalue weighted by atomic mass is 16.5. The van der Waals surface area contributed by atoms with Gasteiger partial charge in [0.05, 0.1) is 0 Å². The number of hydrogen-bond donors (Lipinski definition) is 2. The van der Waals surface area contributed by atoms with Crippen LogP contribution in [0.25, 0.3) is 11.1 Å². The van der Waals surface area contributed by atoms with Gasteiger partial charge in [-0.3, -0.25) is 5.32 Å². The second kappa shape index (κ2) is 6.45. The fourth-order valence-electron chi connectivity index (χ4n) is 5.53. The number of fused-ring (bicyclic) bond motifs is 4. The smallest absolute Gasteiger partial charge is 0.338 e. The van der Waals surface area contributed by atoms with Gasteiger partial charge in [0.2, 0.25) is 5.54 Å². The van der Waals surface area contributed by atoms with Crippen LogP contribution in [0.5, 0.6) is 0 Å². The Bertz CT molecular complexity index is 910. The first-order chi connectivity index (χ1) is 13.6. The van der Waals surface area contributed by atoms with Crippen molar-refractivity contribution >= 4 is 11.9 Å². The van der Waals surface area contributed by atoms with Gasteiger partial charge in [-0.1, -0.05) is 55.0 Å².